The summed E-state index contributed by atoms with van der Waals surface area (Å²) in [6, 6.07) is 67.9. The minimum absolute atomic E-state index is 0.358. The highest BCUT2D eigenvalue weighted by atomic mass is 32.1. The SMILES string of the molecule is c1ccc(-c2nc(-c3ccccc3)nc(-c3ccc4c(c3)sc3cc(-c5cccc6c5-c5ccccc5C65c6ccccc6-c6ccccc65)ccc34)n2)cc1. The van der Waals surface area contributed by atoms with Crippen molar-refractivity contribution in [2.45, 2.75) is 5.41 Å². The maximum absolute atomic E-state index is 5.01. The molecule has 0 bridgehead atoms. The van der Waals surface area contributed by atoms with Crippen LogP contribution in [0.15, 0.2) is 188 Å². The van der Waals surface area contributed by atoms with E-state index in [4.69, 9.17) is 15.0 Å². The molecule has 8 aromatic carbocycles. The topological polar surface area (TPSA) is 38.7 Å². The molecule has 0 unspecified atom stereocenters. The second-order valence-electron chi connectivity index (χ2n) is 14.7. The largest absolute Gasteiger partial charge is 0.208 e. The molecule has 0 fully saturated rings. The van der Waals surface area contributed by atoms with Gasteiger partial charge in [-0.15, -0.1) is 11.3 Å². The molecule has 260 valence electrons. The quantitative estimate of drug-likeness (QED) is 0.181. The first-order chi connectivity index (χ1) is 27.8. The molecule has 0 radical (unpaired) electrons. The maximum Gasteiger partial charge on any atom is 0.164 e. The monoisotopic (exact) mass is 729 g/mol. The van der Waals surface area contributed by atoms with Gasteiger partial charge in [-0.25, -0.2) is 15.0 Å². The Morgan fingerprint density at radius 3 is 1.34 bits per heavy atom. The van der Waals surface area contributed by atoms with Gasteiger partial charge in [0, 0.05) is 36.9 Å². The van der Waals surface area contributed by atoms with Gasteiger partial charge in [0.25, 0.3) is 0 Å². The van der Waals surface area contributed by atoms with Crippen molar-refractivity contribution in [2.24, 2.45) is 0 Å². The maximum atomic E-state index is 5.01. The molecular formula is C52H31N3S. The van der Waals surface area contributed by atoms with E-state index < -0.39 is 0 Å². The van der Waals surface area contributed by atoms with E-state index in [0.717, 1.165) is 16.7 Å². The summed E-state index contributed by atoms with van der Waals surface area (Å²) in [6.45, 7) is 0. The van der Waals surface area contributed by atoms with Crippen LogP contribution >= 0.6 is 11.3 Å². The van der Waals surface area contributed by atoms with Crippen molar-refractivity contribution in [3.05, 3.63) is 210 Å². The molecule has 3 nitrogen and oxygen atoms in total. The van der Waals surface area contributed by atoms with Crippen LogP contribution in [-0.4, -0.2) is 15.0 Å². The van der Waals surface area contributed by atoms with Crippen LogP contribution in [0.2, 0.25) is 0 Å². The summed E-state index contributed by atoms with van der Waals surface area (Å²) in [7, 11) is 0. The number of hydrogen-bond donors (Lipinski definition) is 0. The van der Waals surface area contributed by atoms with Gasteiger partial charge in [-0.1, -0.05) is 176 Å². The number of fused-ring (bicyclic) bond motifs is 13. The lowest BCUT2D eigenvalue weighted by atomic mass is 9.70. The first-order valence-corrected chi connectivity index (χ1v) is 19.8. The number of thiophene rings is 1. The minimum Gasteiger partial charge on any atom is -0.208 e. The lowest BCUT2D eigenvalue weighted by Gasteiger charge is -2.30. The number of hydrogen-bond acceptors (Lipinski definition) is 4. The summed E-state index contributed by atoms with van der Waals surface area (Å²) < 4.78 is 2.47. The minimum atomic E-state index is -0.358. The number of nitrogens with zero attached hydrogens (tertiary/aromatic N) is 3. The van der Waals surface area contributed by atoms with Crippen LogP contribution in [0.1, 0.15) is 22.3 Å². The summed E-state index contributed by atoms with van der Waals surface area (Å²) in [4.78, 5) is 14.9. The zero-order chi connectivity index (χ0) is 36.8. The van der Waals surface area contributed by atoms with Crippen LogP contribution in [-0.2, 0) is 5.41 Å². The molecule has 56 heavy (non-hydrogen) atoms. The smallest absolute Gasteiger partial charge is 0.164 e. The second-order valence-corrected chi connectivity index (χ2v) is 15.8. The van der Waals surface area contributed by atoms with Crippen LogP contribution in [0.3, 0.4) is 0 Å². The van der Waals surface area contributed by atoms with Gasteiger partial charge in [-0.05, 0) is 67.8 Å². The van der Waals surface area contributed by atoms with E-state index in [0.29, 0.717) is 17.5 Å². The van der Waals surface area contributed by atoms with E-state index in [1.165, 1.54) is 75.8 Å². The summed E-state index contributed by atoms with van der Waals surface area (Å²) in [5.41, 5.74) is 15.8. The second kappa shape index (κ2) is 12.0. The van der Waals surface area contributed by atoms with Crippen molar-refractivity contribution < 1.29 is 0 Å². The fourth-order valence-electron chi connectivity index (χ4n) is 9.41. The summed E-state index contributed by atoms with van der Waals surface area (Å²) >= 11 is 1.83. The van der Waals surface area contributed by atoms with E-state index in [1.807, 2.05) is 72.0 Å². The summed E-state index contributed by atoms with van der Waals surface area (Å²) in [5.74, 6) is 2.00. The number of aromatic nitrogens is 3. The Morgan fingerprint density at radius 2 is 0.750 bits per heavy atom. The average molecular weight is 730 g/mol. The van der Waals surface area contributed by atoms with Gasteiger partial charge in [0.05, 0.1) is 5.41 Å². The molecule has 2 aliphatic carbocycles. The lowest BCUT2D eigenvalue weighted by Crippen LogP contribution is -2.25. The van der Waals surface area contributed by atoms with Gasteiger partial charge in [0.1, 0.15) is 0 Å². The molecule has 1 spiro atoms. The Hall–Kier alpha value is -7.01. The molecule has 2 aromatic heterocycles. The van der Waals surface area contributed by atoms with Crippen molar-refractivity contribution in [3.63, 3.8) is 0 Å². The van der Waals surface area contributed by atoms with E-state index >= 15 is 0 Å². The van der Waals surface area contributed by atoms with Crippen molar-refractivity contribution in [2.75, 3.05) is 0 Å². The average Bonchev–Trinajstić information content (AvgIpc) is 3.90. The van der Waals surface area contributed by atoms with Gasteiger partial charge < -0.3 is 0 Å². The third-order valence-electron chi connectivity index (χ3n) is 11.8. The first-order valence-electron chi connectivity index (χ1n) is 19.0. The predicted molar refractivity (Wildman–Crippen MR) is 231 cm³/mol. The number of rotatable bonds is 4. The Morgan fingerprint density at radius 1 is 0.321 bits per heavy atom. The predicted octanol–water partition coefficient (Wildman–Crippen LogP) is 13.3. The van der Waals surface area contributed by atoms with Crippen LogP contribution < -0.4 is 0 Å². The molecule has 0 atom stereocenters. The van der Waals surface area contributed by atoms with Gasteiger partial charge >= 0.3 is 0 Å². The third-order valence-corrected chi connectivity index (χ3v) is 12.9. The zero-order valence-electron chi connectivity index (χ0n) is 30.1. The highest BCUT2D eigenvalue weighted by Gasteiger charge is 2.51. The highest BCUT2D eigenvalue weighted by molar-refractivity contribution is 7.25. The van der Waals surface area contributed by atoms with Crippen LogP contribution in [0.4, 0.5) is 0 Å². The van der Waals surface area contributed by atoms with E-state index in [9.17, 15) is 0 Å². The molecular weight excluding hydrogens is 699 g/mol. The van der Waals surface area contributed by atoms with E-state index in [2.05, 4.69) is 127 Å². The van der Waals surface area contributed by atoms with Gasteiger partial charge in [0.15, 0.2) is 17.5 Å². The van der Waals surface area contributed by atoms with Gasteiger partial charge in [-0.2, -0.15) is 0 Å². The standard InChI is InChI=1S/C52H31N3S/c1-3-14-32(15-4-1)49-53-50(33-16-5-2-6-17-33)55-51(54-49)35-27-29-40-39-28-26-34(30-46(39)56-47(40)31-35)36-21-13-25-45-48(36)41-20-9-12-24-44(41)52(45)42-22-10-7-18-37(42)38-19-8-11-23-43(38)52/h1-31H. The molecule has 10 aromatic rings. The molecule has 0 amide bonds. The normalized spacial score (nSPS) is 13.1. The lowest BCUT2D eigenvalue weighted by molar-refractivity contribution is 0.794. The van der Waals surface area contributed by atoms with Gasteiger partial charge in [0.2, 0.25) is 0 Å². The Kier molecular flexibility index (Phi) is 6.72. The van der Waals surface area contributed by atoms with Crippen molar-refractivity contribution in [3.8, 4) is 67.5 Å². The molecule has 2 heterocycles. The Balaban J connectivity index is 1.01. The van der Waals surface area contributed by atoms with Crippen molar-refractivity contribution >= 4 is 31.5 Å². The molecule has 2 aliphatic rings. The molecule has 0 aliphatic heterocycles. The summed E-state index contributed by atoms with van der Waals surface area (Å²) in [6.07, 6.45) is 0. The Labute approximate surface area is 328 Å². The molecule has 0 saturated heterocycles. The van der Waals surface area contributed by atoms with Gasteiger partial charge in [-0.3, -0.25) is 0 Å². The fourth-order valence-corrected chi connectivity index (χ4v) is 10.6. The third kappa shape index (κ3) is 4.42. The first kappa shape index (κ1) is 31.4. The molecule has 0 N–H and O–H groups in total. The van der Waals surface area contributed by atoms with Crippen LogP contribution in [0.5, 0.6) is 0 Å². The van der Waals surface area contributed by atoms with Crippen LogP contribution in [0.25, 0.3) is 87.7 Å². The zero-order valence-corrected chi connectivity index (χ0v) is 31.0. The molecule has 0 saturated carbocycles. The fraction of sp³-hybridized carbons (Fsp3) is 0.0192. The molecule has 4 heteroatoms. The van der Waals surface area contributed by atoms with E-state index in [1.54, 1.807) is 0 Å². The highest BCUT2D eigenvalue weighted by Crippen LogP contribution is 2.64. The molecule has 12 rings (SSSR count). The van der Waals surface area contributed by atoms with Crippen molar-refractivity contribution in [1.29, 1.82) is 0 Å². The number of benzene rings is 8. The van der Waals surface area contributed by atoms with Crippen molar-refractivity contribution in [1.82, 2.24) is 15.0 Å². The summed E-state index contributed by atoms with van der Waals surface area (Å²) in [5, 5.41) is 2.50. The Bertz CT molecular complexity index is 3100. The van der Waals surface area contributed by atoms with E-state index in [-0.39, 0.29) is 5.41 Å². The van der Waals surface area contributed by atoms with Crippen LogP contribution in [0, 0.1) is 0 Å².